The Morgan fingerprint density at radius 1 is 1.19 bits per heavy atom. The quantitative estimate of drug-likeness (QED) is 0.862. The largest absolute Gasteiger partial charge is 0.328 e. The Bertz CT molecular complexity index is 775. The Hall–Kier alpha value is -1.92. The molecule has 26 heavy (non-hydrogen) atoms. The number of nitrogens with zero attached hydrogens (tertiary/aromatic N) is 3. The molecule has 140 valence electrons. The summed E-state index contributed by atoms with van der Waals surface area (Å²) in [5, 5.41) is 11.8. The maximum atomic E-state index is 12.4. The lowest BCUT2D eigenvalue weighted by Gasteiger charge is -2.12. The molecule has 1 fully saturated rings. The maximum absolute atomic E-state index is 12.4. The number of carbonyl (C=O) groups excluding carboxylic acids is 1. The SMILES string of the molecule is Cl.NC1CCC(C(=O)Nc2cccc(-c3nnc4n3CCCCC4)c2)C1. The molecule has 3 N–H and O–H groups in total. The minimum atomic E-state index is 0. The van der Waals surface area contributed by atoms with E-state index in [1.165, 1.54) is 12.8 Å². The molecule has 2 aliphatic rings. The lowest BCUT2D eigenvalue weighted by Crippen LogP contribution is -2.23. The molecule has 0 bridgehead atoms. The molecule has 4 rings (SSSR count). The zero-order valence-electron chi connectivity index (χ0n) is 14.9. The van der Waals surface area contributed by atoms with E-state index in [0.29, 0.717) is 0 Å². The highest BCUT2D eigenvalue weighted by atomic mass is 35.5. The third-order valence-corrected chi connectivity index (χ3v) is 5.34. The minimum Gasteiger partial charge on any atom is -0.328 e. The number of aryl methyl sites for hydroxylation is 1. The highest BCUT2D eigenvalue weighted by Gasteiger charge is 2.27. The Labute approximate surface area is 160 Å². The van der Waals surface area contributed by atoms with Gasteiger partial charge in [0, 0.05) is 36.2 Å². The molecule has 1 saturated carbocycles. The van der Waals surface area contributed by atoms with Gasteiger partial charge in [0.15, 0.2) is 5.82 Å². The van der Waals surface area contributed by atoms with E-state index >= 15 is 0 Å². The van der Waals surface area contributed by atoms with E-state index in [1.807, 2.05) is 24.3 Å². The van der Waals surface area contributed by atoms with Gasteiger partial charge in [-0.2, -0.15) is 0 Å². The first-order valence-electron chi connectivity index (χ1n) is 9.29. The number of amides is 1. The summed E-state index contributed by atoms with van der Waals surface area (Å²) in [4.78, 5) is 12.4. The molecule has 2 heterocycles. The molecule has 1 amide bonds. The maximum Gasteiger partial charge on any atom is 0.227 e. The van der Waals surface area contributed by atoms with Crippen molar-refractivity contribution in [3.05, 3.63) is 30.1 Å². The van der Waals surface area contributed by atoms with Crippen LogP contribution in [0.25, 0.3) is 11.4 Å². The van der Waals surface area contributed by atoms with E-state index in [-0.39, 0.29) is 30.3 Å². The summed E-state index contributed by atoms with van der Waals surface area (Å²) in [7, 11) is 0. The van der Waals surface area contributed by atoms with Crippen molar-refractivity contribution in [1.29, 1.82) is 0 Å². The Kier molecular flexibility index (Phi) is 5.94. The van der Waals surface area contributed by atoms with Crippen LogP contribution >= 0.6 is 12.4 Å². The second-order valence-electron chi connectivity index (χ2n) is 7.24. The molecule has 0 radical (unpaired) electrons. The van der Waals surface area contributed by atoms with Gasteiger partial charge in [0.05, 0.1) is 0 Å². The smallest absolute Gasteiger partial charge is 0.227 e. The number of halogens is 1. The molecule has 1 aromatic heterocycles. The van der Waals surface area contributed by atoms with Gasteiger partial charge < -0.3 is 15.6 Å². The zero-order chi connectivity index (χ0) is 17.2. The molecule has 2 atom stereocenters. The van der Waals surface area contributed by atoms with E-state index in [0.717, 1.165) is 61.5 Å². The van der Waals surface area contributed by atoms with Crippen molar-refractivity contribution < 1.29 is 4.79 Å². The summed E-state index contributed by atoms with van der Waals surface area (Å²) in [6.07, 6.45) is 7.17. The summed E-state index contributed by atoms with van der Waals surface area (Å²) < 4.78 is 2.23. The Balaban J connectivity index is 0.00000196. The molecule has 2 aromatic rings. The first-order valence-corrected chi connectivity index (χ1v) is 9.29. The van der Waals surface area contributed by atoms with Crippen LogP contribution in [0.3, 0.4) is 0 Å². The summed E-state index contributed by atoms with van der Waals surface area (Å²) in [5.74, 6) is 2.07. The molecule has 1 aromatic carbocycles. The average Bonchev–Trinajstić information content (AvgIpc) is 3.15. The number of anilines is 1. The second-order valence-corrected chi connectivity index (χ2v) is 7.24. The summed E-state index contributed by atoms with van der Waals surface area (Å²) in [5.41, 5.74) is 7.74. The first kappa shape index (κ1) is 18.9. The molecular weight excluding hydrogens is 350 g/mol. The third-order valence-electron chi connectivity index (χ3n) is 5.34. The van der Waals surface area contributed by atoms with Crippen LogP contribution in [0.2, 0.25) is 0 Å². The molecule has 0 spiro atoms. The third kappa shape index (κ3) is 3.91. The van der Waals surface area contributed by atoms with Gasteiger partial charge in [0.2, 0.25) is 5.91 Å². The van der Waals surface area contributed by atoms with Gasteiger partial charge in [-0.25, -0.2) is 0 Å². The van der Waals surface area contributed by atoms with E-state index in [4.69, 9.17) is 5.73 Å². The number of carbonyl (C=O) groups is 1. The number of rotatable bonds is 3. The molecule has 1 aliphatic heterocycles. The first-order chi connectivity index (χ1) is 12.2. The predicted molar refractivity (Wildman–Crippen MR) is 104 cm³/mol. The van der Waals surface area contributed by atoms with Gasteiger partial charge in [-0.3, -0.25) is 4.79 Å². The van der Waals surface area contributed by atoms with Crippen molar-refractivity contribution >= 4 is 24.0 Å². The van der Waals surface area contributed by atoms with Crippen LogP contribution in [-0.2, 0) is 17.8 Å². The van der Waals surface area contributed by atoms with Crippen molar-refractivity contribution in [2.24, 2.45) is 11.7 Å². The topological polar surface area (TPSA) is 85.8 Å². The Morgan fingerprint density at radius 3 is 2.88 bits per heavy atom. The summed E-state index contributed by atoms with van der Waals surface area (Å²) in [6, 6.07) is 8.08. The molecular formula is C19H26ClN5O. The van der Waals surface area contributed by atoms with Crippen LogP contribution in [0, 0.1) is 5.92 Å². The number of hydrogen-bond donors (Lipinski definition) is 2. The fraction of sp³-hybridized carbons (Fsp3) is 0.526. The molecule has 6 nitrogen and oxygen atoms in total. The number of fused-ring (bicyclic) bond motifs is 1. The van der Waals surface area contributed by atoms with Gasteiger partial charge in [0.25, 0.3) is 0 Å². The van der Waals surface area contributed by atoms with Crippen LogP contribution < -0.4 is 11.1 Å². The van der Waals surface area contributed by atoms with Crippen LogP contribution in [0.15, 0.2) is 24.3 Å². The highest BCUT2D eigenvalue weighted by molar-refractivity contribution is 5.93. The van der Waals surface area contributed by atoms with E-state index in [9.17, 15) is 4.79 Å². The van der Waals surface area contributed by atoms with E-state index in [2.05, 4.69) is 20.1 Å². The number of aromatic nitrogens is 3. The fourth-order valence-electron chi connectivity index (χ4n) is 3.93. The van der Waals surface area contributed by atoms with Crippen molar-refractivity contribution in [2.45, 2.75) is 57.5 Å². The number of benzene rings is 1. The lowest BCUT2D eigenvalue weighted by atomic mass is 10.1. The van der Waals surface area contributed by atoms with Gasteiger partial charge >= 0.3 is 0 Å². The summed E-state index contributed by atoms with van der Waals surface area (Å²) >= 11 is 0. The molecule has 7 heteroatoms. The molecule has 0 saturated heterocycles. The fourth-order valence-corrected chi connectivity index (χ4v) is 3.93. The monoisotopic (exact) mass is 375 g/mol. The van der Waals surface area contributed by atoms with Gasteiger partial charge in [-0.1, -0.05) is 18.6 Å². The summed E-state index contributed by atoms with van der Waals surface area (Å²) in [6.45, 7) is 0.966. The van der Waals surface area contributed by atoms with E-state index in [1.54, 1.807) is 0 Å². The van der Waals surface area contributed by atoms with Crippen molar-refractivity contribution in [2.75, 3.05) is 5.32 Å². The van der Waals surface area contributed by atoms with Crippen LogP contribution in [0.4, 0.5) is 5.69 Å². The minimum absolute atomic E-state index is 0. The van der Waals surface area contributed by atoms with Crippen LogP contribution in [0.5, 0.6) is 0 Å². The second kappa shape index (κ2) is 8.18. The number of hydrogen-bond acceptors (Lipinski definition) is 4. The highest BCUT2D eigenvalue weighted by Crippen LogP contribution is 2.27. The molecule has 1 aliphatic carbocycles. The zero-order valence-corrected chi connectivity index (χ0v) is 15.7. The van der Waals surface area contributed by atoms with E-state index < -0.39 is 0 Å². The Morgan fingerprint density at radius 2 is 2.08 bits per heavy atom. The van der Waals surface area contributed by atoms with Crippen molar-refractivity contribution in [3.8, 4) is 11.4 Å². The number of nitrogens with two attached hydrogens (primary N) is 1. The lowest BCUT2D eigenvalue weighted by molar-refractivity contribution is -0.119. The van der Waals surface area contributed by atoms with Crippen LogP contribution in [-0.4, -0.2) is 26.7 Å². The van der Waals surface area contributed by atoms with Gasteiger partial charge in [0.1, 0.15) is 5.82 Å². The standard InChI is InChI=1S/C19H25N5O.ClH/c20-15-9-8-14(11-15)19(25)21-16-6-4-5-13(12-16)18-23-22-17-7-2-1-3-10-24(17)18;/h4-6,12,14-15H,1-3,7-11,20H2,(H,21,25);1H. The van der Waals surface area contributed by atoms with Crippen molar-refractivity contribution in [3.63, 3.8) is 0 Å². The normalized spacial score (nSPS) is 22.2. The van der Waals surface area contributed by atoms with Crippen LogP contribution in [0.1, 0.15) is 44.3 Å². The van der Waals surface area contributed by atoms with Crippen molar-refractivity contribution in [1.82, 2.24) is 14.8 Å². The van der Waals surface area contributed by atoms with Gasteiger partial charge in [-0.05, 0) is 44.2 Å². The average molecular weight is 376 g/mol. The molecule has 2 unspecified atom stereocenters. The van der Waals surface area contributed by atoms with Gasteiger partial charge in [-0.15, -0.1) is 22.6 Å². The predicted octanol–water partition coefficient (Wildman–Crippen LogP) is 3.16. The number of nitrogens with one attached hydrogen (secondary N) is 1.